The van der Waals surface area contributed by atoms with Crippen molar-refractivity contribution in [3.63, 3.8) is 0 Å². The molecule has 0 atom stereocenters. The van der Waals surface area contributed by atoms with Crippen LogP contribution in [0.5, 0.6) is 5.75 Å². The van der Waals surface area contributed by atoms with E-state index in [0.29, 0.717) is 0 Å². The van der Waals surface area contributed by atoms with Crippen molar-refractivity contribution < 1.29 is 4.74 Å². The molecule has 5 heterocycles. The van der Waals surface area contributed by atoms with E-state index >= 15 is 0 Å². The Balaban J connectivity index is 1.68. The number of terminal acetylenes is 1. The molecule has 1 aliphatic heterocycles. The lowest BCUT2D eigenvalue weighted by Gasteiger charge is -2.05. The second kappa shape index (κ2) is 8.27. The second-order valence-corrected chi connectivity index (χ2v) is 8.20. The Kier molecular flexibility index (Phi) is 4.82. The van der Waals surface area contributed by atoms with Crippen LogP contribution >= 0.6 is 0 Å². The van der Waals surface area contributed by atoms with Crippen molar-refractivity contribution in [2.24, 2.45) is 0 Å². The van der Waals surface area contributed by atoms with Gasteiger partial charge in [-0.2, -0.15) is 0 Å². The van der Waals surface area contributed by atoms with Crippen LogP contribution in [0.15, 0.2) is 66.7 Å². The van der Waals surface area contributed by atoms with Crippen LogP contribution in [0.25, 0.3) is 35.4 Å². The van der Waals surface area contributed by atoms with E-state index < -0.39 is 0 Å². The number of hydrogen-bond acceptors (Lipinski definition) is 1. The molecular weight excluding hydrogens is 420 g/mol. The van der Waals surface area contributed by atoms with Crippen molar-refractivity contribution >= 4 is 24.3 Å². The van der Waals surface area contributed by atoms with Crippen LogP contribution in [0.2, 0.25) is 0 Å². The first-order chi connectivity index (χ1) is 16.7. The van der Waals surface area contributed by atoms with Crippen LogP contribution in [0.3, 0.4) is 0 Å². The second-order valence-electron chi connectivity index (χ2n) is 8.20. The van der Waals surface area contributed by atoms with Gasteiger partial charge in [-0.25, -0.2) is 0 Å². The zero-order chi connectivity index (χ0) is 22.9. The van der Waals surface area contributed by atoms with E-state index in [2.05, 4.69) is 86.5 Å². The van der Waals surface area contributed by atoms with Gasteiger partial charge in [-0.1, -0.05) is 36.3 Å². The number of hydrogen-bond donors (Lipinski definition) is 4. The Hall–Kier alpha value is -4.82. The van der Waals surface area contributed by atoms with Gasteiger partial charge in [0.2, 0.25) is 0 Å². The van der Waals surface area contributed by atoms with E-state index in [1.807, 2.05) is 30.3 Å². The topological polar surface area (TPSA) is 72.4 Å². The van der Waals surface area contributed by atoms with Crippen molar-refractivity contribution in [2.45, 2.75) is 0 Å². The minimum Gasteiger partial charge on any atom is -0.478 e. The summed E-state index contributed by atoms with van der Waals surface area (Å²) in [5.41, 5.74) is 5.97. The van der Waals surface area contributed by atoms with Gasteiger partial charge < -0.3 is 24.7 Å². The standard InChI is InChI=1S/C29H22N4O/c1-2-14-34-29-27-18-25-13-11-23(32-25)16-21-9-8-20(30-21)15-22-10-12-24(31-22)17-26(33-27)28(29)19-6-4-3-5-7-19/h1,3-13,15-18,30-33H,14H2. The van der Waals surface area contributed by atoms with E-state index in [-0.39, 0.29) is 6.61 Å². The molecule has 5 aromatic rings. The Labute approximate surface area is 195 Å². The molecule has 0 saturated heterocycles. The first kappa shape index (κ1) is 19.8. The number of H-pyrrole nitrogens is 4. The number of benzene rings is 1. The van der Waals surface area contributed by atoms with Gasteiger partial charge in [0.25, 0.3) is 0 Å². The van der Waals surface area contributed by atoms with Gasteiger partial charge in [-0.3, -0.25) is 0 Å². The van der Waals surface area contributed by atoms with Crippen molar-refractivity contribution in [3.8, 4) is 29.2 Å². The third-order valence-electron chi connectivity index (χ3n) is 5.79. The molecule has 0 unspecified atom stereocenters. The summed E-state index contributed by atoms with van der Waals surface area (Å²) in [7, 11) is 0. The van der Waals surface area contributed by atoms with Crippen LogP contribution in [0.1, 0.15) is 22.8 Å². The van der Waals surface area contributed by atoms with Crippen molar-refractivity contribution in [1.82, 2.24) is 19.9 Å². The average molecular weight is 443 g/mol. The monoisotopic (exact) mass is 442 g/mol. The number of aromatic amines is 4. The van der Waals surface area contributed by atoms with Gasteiger partial charge in [0, 0.05) is 39.0 Å². The lowest BCUT2D eigenvalue weighted by molar-refractivity contribution is 0.369. The normalized spacial score (nSPS) is 12.0. The van der Waals surface area contributed by atoms with E-state index in [1.54, 1.807) is 0 Å². The number of fused-ring (bicyclic) bond motifs is 8. The molecule has 0 amide bonds. The Morgan fingerprint density at radius 1 is 0.618 bits per heavy atom. The minimum absolute atomic E-state index is 0.179. The van der Waals surface area contributed by atoms with E-state index in [1.165, 1.54) is 0 Å². The molecule has 4 N–H and O–H groups in total. The lowest BCUT2D eigenvalue weighted by Crippen LogP contribution is -2.12. The summed E-state index contributed by atoms with van der Waals surface area (Å²) in [5.74, 6) is 3.33. The van der Waals surface area contributed by atoms with Crippen LogP contribution in [-0.2, 0) is 0 Å². The number of ether oxygens (including phenoxy) is 1. The molecule has 8 bridgehead atoms. The van der Waals surface area contributed by atoms with E-state index in [4.69, 9.17) is 11.2 Å². The minimum atomic E-state index is 0.179. The fourth-order valence-corrected chi connectivity index (χ4v) is 4.33. The fourth-order valence-electron chi connectivity index (χ4n) is 4.33. The molecule has 5 heteroatoms. The molecule has 164 valence electrons. The van der Waals surface area contributed by atoms with Crippen molar-refractivity contribution in [1.29, 1.82) is 0 Å². The molecule has 1 aliphatic rings. The molecular formula is C29H22N4O. The predicted octanol–water partition coefficient (Wildman–Crippen LogP) is 2.31. The highest BCUT2D eigenvalue weighted by atomic mass is 16.5. The van der Waals surface area contributed by atoms with Crippen LogP contribution in [-0.4, -0.2) is 26.5 Å². The smallest absolute Gasteiger partial charge is 0.154 e. The van der Waals surface area contributed by atoms with E-state index in [0.717, 1.165) is 61.0 Å². The molecule has 6 rings (SSSR count). The quantitative estimate of drug-likeness (QED) is 0.312. The molecule has 0 aliphatic carbocycles. The Bertz CT molecular complexity index is 1770. The summed E-state index contributed by atoms with van der Waals surface area (Å²) in [5, 5.41) is 3.84. The predicted molar refractivity (Wildman–Crippen MR) is 136 cm³/mol. The number of nitrogens with one attached hydrogen (secondary N) is 4. The molecule has 0 radical (unpaired) electrons. The highest BCUT2D eigenvalue weighted by Crippen LogP contribution is 2.24. The highest BCUT2D eigenvalue weighted by molar-refractivity contribution is 5.74. The largest absolute Gasteiger partial charge is 0.478 e. The molecule has 34 heavy (non-hydrogen) atoms. The zero-order valence-corrected chi connectivity index (χ0v) is 18.4. The molecule has 5 nitrogen and oxygen atoms in total. The molecule has 1 aromatic carbocycles. The van der Waals surface area contributed by atoms with Gasteiger partial charge in [0.1, 0.15) is 6.61 Å². The average Bonchev–Trinajstić information content (AvgIpc) is 3.63. The maximum absolute atomic E-state index is 6.11. The van der Waals surface area contributed by atoms with Crippen LogP contribution in [0, 0.1) is 12.3 Å². The Morgan fingerprint density at radius 2 is 1.21 bits per heavy atom. The van der Waals surface area contributed by atoms with Crippen molar-refractivity contribution in [2.75, 3.05) is 6.61 Å². The zero-order valence-electron chi connectivity index (χ0n) is 18.4. The van der Waals surface area contributed by atoms with Crippen LogP contribution in [0.4, 0.5) is 0 Å². The third kappa shape index (κ3) is 3.78. The number of rotatable bonds is 3. The van der Waals surface area contributed by atoms with E-state index in [9.17, 15) is 0 Å². The first-order valence-electron chi connectivity index (χ1n) is 11.1. The summed E-state index contributed by atoms with van der Waals surface area (Å²) >= 11 is 0. The maximum atomic E-state index is 6.11. The fraction of sp³-hybridized carbons (Fsp3) is 0.0345. The van der Waals surface area contributed by atoms with Gasteiger partial charge >= 0.3 is 0 Å². The summed E-state index contributed by atoms with van der Waals surface area (Å²) in [4.78, 5) is 14.0. The van der Waals surface area contributed by atoms with Gasteiger partial charge in [-0.05, 0) is 66.3 Å². The lowest BCUT2D eigenvalue weighted by atomic mass is 10.1. The first-order valence-corrected chi connectivity index (χ1v) is 11.1. The maximum Gasteiger partial charge on any atom is 0.154 e. The van der Waals surface area contributed by atoms with Gasteiger partial charge in [0.05, 0.1) is 10.7 Å². The van der Waals surface area contributed by atoms with Crippen LogP contribution < -0.4 is 26.1 Å². The SMILES string of the molecule is C#CCOc1c(-c2ccccc2)c2[nH]c1=Cc1ccc([nH]1)C=c1ccc([nH]1)=Cc1ccc([nH]1)C=2. The molecule has 0 fully saturated rings. The summed E-state index contributed by atoms with van der Waals surface area (Å²) in [6.07, 6.45) is 13.9. The molecule has 0 saturated carbocycles. The molecule has 0 spiro atoms. The Morgan fingerprint density at radius 3 is 1.82 bits per heavy atom. The number of aromatic nitrogens is 4. The highest BCUT2D eigenvalue weighted by Gasteiger charge is 2.14. The van der Waals surface area contributed by atoms with Gasteiger partial charge in [-0.15, -0.1) is 6.42 Å². The summed E-state index contributed by atoms with van der Waals surface area (Å²) < 4.78 is 6.11. The summed E-state index contributed by atoms with van der Waals surface area (Å²) in [6, 6.07) is 22.6. The van der Waals surface area contributed by atoms with Crippen molar-refractivity contribution in [3.05, 3.63) is 111 Å². The van der Waals surface area contributed by atoms with Gasteiger partial charge in [0.15, 0.2) is 5.75 Å². The molecule has 4 aromatic heterocycles. The summed E-state index contributed by atoms with van der Waals surface area (Å²) in [6.45, 7) is 0.179. The third-order valence-corrected chi connectivity index (χ3v) is 5.79.